The topological polar surface area (TPSA) is 84.0 Å². The largest absolute Gasteiger partial charge is 0.426 e. The Bertz CT molecular complexity index is 1110. The summed E-state index contributed by atoms with van der Waals surface area (Å²) in [6.45, 7) is 0.193. The Hall–Kier alpha value is -3.19. The van der Waals surface area contributed by atoms with Gasteiger partial charge in [-0.1, -0.05) is 36.6 Å². The number of esters is 1. The van der Waals surface area contributed by atoms with E-state index in [9.17, 15) is 19.2 Å². The lowest BCUT2D eigenvalue weighted by atomic mass is 9.81. The lowest BCUT2D eigenvalue weighted by molar-refractivity contribution is -0.139. The number of imide groups is 1. The molecule has 33 heavy (non-hydrogen) atoms. The Morgan fingerprint density at radius 2 is 1.55 bits per heavy atom. The molecule has 1 saturated carbocycles. The molecule has 0 unspecified atom stereocenters. The zero-order chi connectivity index (χ0) is 23.1. The van der Waals surface area contributed by atoms with E-state index < -0.39 is 11.9 Å². The number of nitrogens with zero attached hydrogens (tertiary/aromatic N) is 2. The Kier molecular flexibility index (Phi) is 5.66. The fourth-order valence-electron chi connectivity index (χ4n) is 5.05. The van der Waals surface area contributed by atoms with E-state index in [1.807, 2.05) is 0 Å². The Labute approximate surface area is 196 Å². The second kappa shape index (κ2) is 8.63. The van der Waals surface area contributed by atoms with Gasteiger partial charge in [-0.15, -0.1) is 0 Å². The van der Waals surface area contributed by atoms with Gasteiger partial charge in [-0.05, 0) is 49.2 Å². The van der Waals surface area contributed by atoms with Gasteiger partial charge < -0.3 is 9.64 Å². The summed E-state index contributed by atoms with van der Waals surface area (Å²) in [6.07, 6.45) is 3.50. The third-order valence-corrected chi connectivity index (χ3v) is 7.08. The zero-order valence-electron chi connectivity index (χ0n) is 17.9. The second-order valence-electron chi connectivity index (χ2n) is 8.78. The number of hydrogen-bond donors (Lipinski definition) is 0. The maximum absolute atomic E-state index is 12.8. The summed E-state index contributed by atoms with van der Waals surface area (Å²) < 4.78 is 5.49. The van der Waals surface area contributed by atoms with Gasteiger partial charge in [0.15, 0.2) is 0 Å². The van der Waals surface area contributed by atoms with Gasteiger partial charge in [-0.2, -0.15) is 0 Å². The number of halogens is 1. The van der Waals surface area contributed by atoms with Crippen molar-refractivity contribution in [3.8, 4) is 5.75 Å². The first-order valence-electron chi connectivity index (χ1n) is 11.2. The molecule has 2 saturated heterocycles. The van der Waals surface area contributed by atoms with E-state index in [2.05, 4.69) is 0 Å². The molecular formula is C25H23ClN2O5. The molecule has 3 amide bonds. The van der Waals surface area contributed by atoms with Crippen molar-refractivity contribution >= 4 is 46.7 Å². The van der Waals surface area contributed by atoms with Crippen LogP contribution in [0.25, 0.3) is 0 Å². The number of rotatable bonds is 4. The lowest BCUT2D eigenvalue weighted by Gasteiger charge is -2.19. The Morgan fingerprint density at radius 3 is 2.18 bits per heavy atom. The van der Waals surface area contributed by atoms with Gasteiger partial charge in [0.25, 0.3) is 0 Å². The normalized spacial score (nSPS) is 24.9. The molecule has 3 atom stereocenters. The van der Waals surface area contributed by atoms with Crippen molar-refractivity contribution in [2.45, 2.75) is 32.1 Å². The molecule has 3 aliphatic rings. The molecule has 0 radical (unpaired) electrons. The van der Waals surface area contributed by atoms with Crippen molar-refractivity contribution in [1.29, 1.82) is 0 Å². The molecule has 8 heteroatoms. The van der Waals surface area contributed by atoms with Crippen LogP contribution in [0.2, 0.25) is 5.02 Å². The highest BCUT2D eigenvalue weighted by Crippen LogP contribution is 2.40. The number of fused-ring (bicyclic) bond motifs is 1. The van der Waals surface area contributed by atoms with Crippen LogP contribution in [0.5, 0.6) is 5.75 Å². The number of para-hydroxylation sites is 1. The van der Waals surface area contributed by atoms with Gasteiger partial charge in [0.05, 0.1) is 34.2 Å². The van der Waals surface area contributed by atoms with Crippen LogP contribution in [0.3, 0.4) is 0 Å². The van der Waals surface area contributed by atoms with Gasteiger partial charge in [0.2, 0.25) is 17.7 Å². The van der Waals surface area contributed by atoms with Gasteiger partial charge in [-0.25, -0.2) is 0 Å². The maximum atomic E-state index is 12.8. The predicted molar refractivity (Wildman–Crippen MR) is 122 cm³/mol. The third kappa shape index (κ3) is 3.91. The van der Waals surface area contributed by atoms with E-state index in [0.717, 1.165) is 25.7 Å². The Balaban J connectivity index is 1.25. The monoisotopic (exact) mass is 466 g/mol. The smallest absolute Gasteiger partial charge is 0.316 e. The number of carbonyl (C=O) groups is 4. The molecule has 0 bridgehead atoms. The predicted octanol–water partition coefficient (Wildman–Crippen LogP) is 3.98. The van der Waals surface area contributed by atoms with Crippen LogP contribution >= 0.6 is 11.6 Å². The summed E-state index contributed by atoms with van der Waals surface area (Å²) >= 11 is 6.19. The SMILES string of the molecule is O=C(Oc1ccc(N2C(=O)[C@H]3CCCC[C@H]3C2=O)cc1)[C@H]1CC(=O)N(c2ccccc2Cl)C1. The molecule has 7 nitrogen and oxygen atoms in total. The summed E-state index contributed by atoms with van der Waals surface area (Å²) in [4.78, 5) is 53.4. The van der Waals surface area contributed by atoms with Gasteiger partial charge in [0, 0.05) is 13.0 Å². The van der Waals surface area contributed by atoms with E-state index >= 15 is 0 Å². The van der Waals surface area contributed by atoms with Gasteiger partial charge in [0.1, 0.15) is 5.75 Å². The van der Waals surface area contributed by atoms with E-state index in [1.54, 1.807) is 48.5 Å². The molecule has 2 heterocycles. The first-order chi connectivity index (χ1) is 15.9. The summed E-state index contributed by atoms with van der Waals surface area (Å²) in [7, 11) is 0. The summed E-state index contributed by atoms with van der Waals surface area (Å²) in [6, 6.07) is 13.4. The van der Waals surface area contributed by atoms with Gasteiger partial charge >= 0.3 is 5.97 Å². The van der Waals surface area contributed by atoms with Crippen LogP contribution in [-0.4, -0.2) is 30.2 Å². The minimum atomic E-state index is -0.613. The van der Waals surface area contributed by atoms with Crippen LogP contribution in [0, 0.1) is 17.8 Å². The van der Waals surface area contributed by atoms with Crippen molar-refractivity contribution in [2.24, 2.45) is 17.8 Å². The van der Waals surface area contributed by atoms with Crippen LogP contribution in [0.4, 0.5) is 11.4 Å². The molecule has 0 N–H and O–H groups in total. The summed E-state index contributed by atoms with van der Waals surface area (Å²) in [5.41, 5.74) is 1.06. The van der Waals surface area contributed by atoms with E-state index in [4.69, 9.17) is 16.3 Å². The molecule has 0 aromatic heterocycles. The Morgan fingerprint density at radius 1 is 0.909 bits per heavy atom. The molecule has 2 aliphatic heterocycles. The molecule has 170 valence electrons. The summed E-state index contributed by atoms with van der Waals surface area (Å²) in [5, 5.41) is 0.446. The zero-order valence-corrected chi connectivity index (χ0v) is 18.7. The standard InChI is InChI=1S/C25H23ClN2O5/c26-20-7-3-4-8-21(20)27-14-15(13-22(27)29)25(32)33-17-11-9-16(10-12-17)28-23(30)18-5-1-2-6-19(18)24(28)31/h3-4,7-12,15,18-19H,1-2,5-6,13-14H2/t15-,18-,19+/m0/s1. The lowest BCUT2D eigenvalue weighted by Crippen LogP contribution is -2.30. The van der Waals surface area contributed by atoms with Crippen molar-refractivity contribution in [1.82, 2.24) is 0 Å². The number of carbonyl (C=O) groups excluding carboxylic acids is 4. The minimum absolute atomic E-state index is 0.0434. The molecular weight excluding hydrogens is 444 g/mol. The third-order valence-electron chi connectivity index (χ3n) is 6.76. The number of amides is 3. The molecule has 2 aromatic carbocycles. The fourth-order valence-corrected chi connectivity index (χ4v) is 5.29. The molecule has 3 fully saturated rings. The molecule has 5 rings (SSSR count). The minimum Gasteiger partial charge on any atom is -0.426 e. The van der Waals surface area contributed by atoms with Crippen molar-refractivity contribution in [3.05, 3.63) is 53.6 Å². The molecule has 0 spiro atoms. The first-order valence-corrected chi connectivity index (χ1v) is 11.6. The highest BCUT2D eigenvalue weighted by Gasteiger charge is 2.48. The van der Waals surface area contributed by atoms with Crippen molar-refractivity contribution < 1.29 is 23.9 Å². The van der Waals surface area contributed by atoms with Crippen LogP contribution in [0.1, 0.15) is 32.1 Å². The number of benzene rings is 2. The first kappa shape index (κ1) is 21.6. The molecule has 1 aliphatic carbocycles. The van der Waals surface area contributed by atoms with E-state index in [1.165, 1.54) is 9.80 Å². The summed E-state index contributed by atoms with van der Waals surface area (Å²) in [5.74, 6) is -1.73. The number of ether oxygens (including phenoxy) is 1. The van der Waals surface area contributed by atoms with Crippen LogP contribution < -0.4 is 14.5 Å². The van der Waals surface area contributed by atoms with Crippen LogP contribution in [0.15, 0.2) is 48.5 Å². The van der Waals surface area contributed by atoms with Gasteiger partial charge in [-0.3, -0.25) is 24.1 Å². The maximum Gasteiger partial charge on any atom is 0.316 e. The second-order valence-corrected chi connectivity index (χ2v) is 9.19. The number of hydrogen-bond acceptors (Lipinski definition) is 5. The molecule has 2 aromatic rings. The average Bonchev–Trinajstić information content (AvgIpc) is 3.33. The van der Waals surface area contributed by atoms with Crippen molar-refractivity contribution in [2.75, 3.05) is 16.3 Å². The van der Waals surface area contributed by atoms with Crippen molar-refractivity contribution in [3.63, 3.8) is 0 Å². The average molecular weight is 467 g/mol. The van der Waals surface area contributed by atoms with E-state index in [0.29, 0.717) is 22.1 Å². The fraction of sp³-hybridized carbons (Fsp3) is 0.360. The van der Waals surface area contributed by atoms with Crippen LogP contribution in [-0.2, 0) is 19.2 Å². The highest BCUT2D eigenvalue weighted by atomic mass is 35.5. The quantitative estimate of drug-likeness (QED) is 0.386. The highest BCUT2D eigenvalue weighted by molar-refractivity contribution is 6.33. The number of anilines is 2. The van der Waals surface area contributed by atoms with E-state index in [-0.39, 0.29) is 42.5 Å².